The quantitative estimate of drug-likeness (QED) is 0.139. The number of fused-ring (bicyclic) bond motifs is 1. The molecule has 0 bridgehead atoms. The maximum Gasteiger partial charge on any atom is 0.303 e. The van der Waals surface area contributed by atoms with Gasteiger partial charge in [-0.15, -0.1) is 0 Å². The highest BCUT2D eigenvalue weighted by Crippen LogP contribution is 2.35. The van der Waals surface area contributed by atoms with E-state index >= 15 is 0 Å². The summed E-state index contributed by atoms with van der Waals surface area (Å²) in [6.45, 7) is 9.50. The molecule has 2 aliphatic heterocycles. The maximum absolute atomic E-state index is 12.7. The Bertz CT molecular complexity index is 1960. The fourth-order valence-corrected chi connectivity index (χ4v) is 7.27. The molecule has 326 valence electrons. The molecule has 3 aromatic rings. The average Bonchev–Trinajstić information content (AvgIpc) is 3.62. The fraction of sp³-hybridized carbons (Fsp3) is 0.535. The van der Waals surface area contributed by atoms with Crippen LogP contribution in [0.4, 0.5) is 0 Å². The average molecular weight is 838 g/mol. The smallest absolute Gasteiger partial charge is 0.303 e. The molecule has 6 atom stereocenters. The summed E-state index contributed by atoms with van der Waals surface area (Å²) in [7, 11) is 0. The number of carbonyl (C=O) groups is 6. The van der Waals surface area contributed by atoms with Gasteiger partial charge in [0.15, 0.2) is 12.2 Å². The minimum Gasteiger partial charge on any atom is -0.463 e. The number of nitrogens with zero attached hydrogens (tertiary/aromatic N) is 2. The second-order valence-corrected chi connectivity index (χ2v) is 15.0. The van der Waals surface area contributed by atoms with Gasteiger partial charge in [0, 0.05) is 85.7 Å². The van der Waals surface area contributed by atoms with E-state index in [1.165, 1.54) is 6.92 Å². The lowest BCUT2D eigenvalue weighted by atomic mass is 9.98. The van der Waals surface area contributed by atoms with Gasteiger partial charge in [0.05, 0.1) is 12.0 Å². The number of furan rings is 1. The molecule has 17 nitrogen and oxygen atoms in total. The second kappa shape index (κ2) is 21.7. The summed E-state index contributed by atoms with van der Waals surface area (Å²) < 4.78 is 40.3. The number of benzene rings is 2. The summed E-state index contributed by atoms with van der Waals surface area (Å²) in [4.78, 5) is 77.7. The molecule has 0 radical (unpaired) electrons. The van der Waals surface area contributed by atoms with Crippen molar-refractivity contribution in [3.05, 3.63) is 65.4 Å². The highest BCUT2D eigenvalue weighted by atomic mass is 16.7. The molecule has 2 N–H and O–H groups in total. The minimum absolute atomic E-state index is 0.0154. The van der Waals surface area contributed by atoms with Crippen LogP contribution in [0.3, 0.4) is 0 Å². The second-order valence-electron chi connectivity index (χ2n) is 15.0. The molecule has 0 aliphatic carbocycles. The lowest BCUT2D eigenvalue weighted by Crippen LogP contribution is -2.63. The Morgan fingerprint density at radius 1 is 0.800 bits per heavy atom. The number of amides is 2. The number of β-amino-alcohol motifs (C(OH)–C–C–N with tert-alkyl or cyclic N) is 1. The summed E-state index contributed by atoms with van der Waals surface area (Å²) >= 11 is 0. The number of rotatable bonds is 18. The van der Waals surface area contributed by atoms with Crippen LogP contribution in [0.25, 0.3) is 11.0 Å². The summed E-state index contributed by atoms with van der Waals surface area (Å²) in [5.74, 6) is -2.00. The van der Waals surface area contributed by atoms with E-state index in [2.05, 4.69) is 10.2 Å². The topological polar surface area (TPSA) is 210 Å². The highest BCUT2D eigenvalue weighted by Gasteiger charge is 2.53. The van der Waals surface area contributed by atoms with Gasteiger partial charge in [-0.25, -0.2) is 0 Å². The van der Waals surface area contributed by atoms with E-state index in [9.17, 15) is 28.8 Å². The van der Waals surface area contributed by atoms with Gasteiger partial charge in [0.1, 0.15) is 29.8 Å². The maximum atomic E-state index is 12.7. The van der Waals surface area contributed by atoms with Gasteiger partial charge >= 0.3 is 23.9 Å². The molecule has 2 saturated heterocycles. The van der Waals surface area contributed by atoms with E-state index in [4.69, 9.17) is 37.9 Å². The molecule has 60 heavy (non-hydrogen) atoms. The first-order chi connectivity index (χ1) is 28.7. The van der Waals surface area contributed by atoms with Crippen LogP contribution < -0.4 is 10.1 Å². The monoisotopic (exact) mass is 837 g/mol. The zero-order chi connectivity index (χ0) is 43.3. The normalized spacial score (nSPS) is 21.1. The molecule has 2 aliphatic rings. The van der Waals surface area contributed by atoms with Gasteiger partial charge in [0.2, 0.25) is 24.2 Å². The Kier molecular flexibility index (Phi) is 16.4. The molecule has 0 saturated carbocycles. The first kappa shape index (κ1) is 45.6. The van der Waals surface area contributed by atoms with Crippen molar-refractivity contribution < 1.29 is 66.7 Å². The molecule has 3 heterocycles. The van der Waals surface area contributed by atoms with Crippen LogP contribution in [0.1, 0.15) is 64.3 Å². The number of ether oxygens (including phenoxy) is 6. The Hall–Kier alpha value is -5.52. The SMILES string of the molecule is CC(=O)OC[C@H]1O[C@@H](Oc2cccc3oc(CCc4ccc(CCC(=O)NC(C)CC(=O)N5CCN(CCO)CC5)cc4)cc23)[C@H](OC(C)=O)[C@@H](OC(C)=O)[C@@H]1OC(C)=O. The van der Waals surface area contributed by atoms with Crippen molar-refractivity contribution in [1.82, 2.24) is 15.1 Å². The third kappa shape index (κ3) is 13.2. The third-order valence-corrected chi connectivity index (χ3v) is 10.1. The predicted molar refractivity (Wildman–Crippen MR) is 213 cm³/mol. The van der Waals surface area contributed by atoms with Gasteiger partial charge in [-0.05, 0) is 49.1 Å². The Morgan fingerprint density at radius 3 is 2.07 bits per heavy atom. The van der Waals surface area contributed by atoms with Crippen molar-refractivity contribution in [2.45, 2.75) is 103 Å². The highest BCUT2D eigenvalue weighted by molar-refractivity contribution is 5.85. The predicted octanol–water partition coefficient (Wildman–Crippen LogP) is 2.64. The van der Waals surface area contributed by atoms with Crippen molar-refractivity contribution in [1.29, 1.82) is 0 Å². The summed E-state index contributed by atoms with van der Waals surface area (Å²) in [5, 5.41) is 12.7. The van der Waals surface area contributed by atoms with Crippen LogP contribution in [0.15, 0.2) is 52.9 Å². The van der Waals surface area contributed by atoms with Crippen molar-refractivity contribution in [3.63, 3.8) is 0 Å². The number of esters is 4. The number of aliphatic hydroxyl groups excluding tert-OH is 1. The molecule has 1 aromatic heterocycles. The first-order valence-electron chi connectivity index (χ1n) is 20.2. The fourth-order valence-electron chi connectivity index (χ4n) is 7.27. The summed E-state index contributed by atoms with van der Waals surface area (Å²) in [6.07, 6.45) is -4.37. The van der Waals surface area contributed by atoms with Crippen molar-refractivity contribution in [3.8, 4) is 5.75 Å². The number of nitrogens with one attached hydrogen (secondary N) is 1. The Labute approximate surface area is 348 Å². The summed E-state index contributed by atoms with van der Waals surface area (Å²) in [6, 6.07) is 14.7. The first-order valence-corrected chi connectivity index (χ1v) is 20.2. The van der Waals surface area contributed by atoms with Crippen LogP contribution >= 0.6 is 0 Å². The molecule has 17 heteroatoms. The molecule has 1 unspecified atom stereocenters. The van der Waals surface area contributed by atoms with E-state index < -0.39 is 54.6 Å². The minimum atomic E-state index is -1.40. The van der Waals surface area contributed by atoms with Gasteiger partial charge in [-0.1, -0.05) is 30.3 Å². The molecule has 2 aromatic carbocycles. The largest absolute Gasteiger partial charge is 0.463 e. The number of carbonyl (C=O) groups excluding carboxylic acids is 6. The zero-order valence-electron chi connectivity index (χ0n) is 34.7. The van der Waals surface area contributed by atoms with Crippen molar-refractivity contribution in [2.24, 2.45) is 0 Å². The van der Waals surface area contributed by atoms with Gasteiger partial charge in [0.25, 0.3) is 0 Å². The lowest BCUT2D eigenvalue weighted by Gasteiger charge is -2.43. The van der Waals surface area contributed by atoms with Crippen molar-refractivity contribution in [2.75, 3.05) is 45.9 Å². The number of hydrogen-bond acceptors (Lipinski definition) is 15. The van der Waals surface area contributed by atoms with E-state index in [1.54, 1.807) is 18.2 Å². The van der Waals surface area contributed by atoms with Crippen LogP contribution in [0, 0.1) is 0 Å². The number of hydrogen-bond donors (Lipinski definition) is 2. The van der Waals surface area contributed by atoms with Gasteiger partial charge in [-0.3, -0.25) is 33.7 Å². The van der Waals surface area contributed by atoms with E-state index in [0.717, 1.165) is 45.0 Å². The molecule has 2 fully saturated rings. The van der Waals surface area contributed by atoms with E-state index in [-0.39, 0.29) is 37.5 Å². The van der Waals surface area contributed by atoms with E-state index in [0.29, 0.717) is 67.8 Å². The zero-order valence-corrected chi connectivity index (χ0v) is 34.7. The van der Waals surface area contributed by atoms with Gasteiger partial charge < -0.3 is 48.2 Å². The van der Waals surface area contributed by atoms with Crippen molar-refractivity contribution >= 4 is 46.7 Å². The summed E-state index contributed by atoms with van der Waals surface area (Å²) in [5.41, 5.74) is 2.57. The number of aliphatic hydroxyl groups is 1. The van der Waals surface area contributed by atoms with Crippen LogP contribution in [0.5, 0.6) is 5.75 Å². The van der Waals surface area contributed by atoms with Crippen LogP contribution in [0.2, 0.25) is 0 Å². The molecule has 2 amide bonds. The molecular weight excluding hydrogens is 782 g/mol. The van der Waals surface area contributed by atoms with Gasteiger partial charge in [-0.2, -0.15) is 0 Å². The van der Waals surface area contributed by atoms with E-state index in [1.807, 2.05) is 42.2 Å². The number of aryl methyl sites for hydroxylation is 3. The number of piperazine rings is 1. The van der Waals surface area contributed by atoms with Crippen LogP contribution in [-0.2, 0) is 71.7 Å². The molecule has 0 spiro atoms. The molecular formula is C43H55N3O14. The lowest BCUT2D eigenvalue weighted by molar-refractivity contribution is -0.288. The standard InChI is InChI=1S/C43H55N3O14/c1-26(23-39(53)46-19-17-45(18-20-46)21-22-47)44-38(52)16-14-32-11-9-31(10-12-32)13-15-33-24-34-35(58-33)7-6-8-36(34)59-43-42(57-30(5)51)41(56-29(4)50)40(55-28(3)49)37(60-43)25-54-27(2)48/h6-12,24,26,37,40-43,47H,13-23,25H2,1-5H3,(H,44,52)/t26?,37-,40-,41+,42-,43-/m1/s1. The van der Waals surface area contributed by atoms with Crippen LogP contribution in [-0.4, -0.2) is 133 Å². The molecule has 5 rings (SSSR count). The third-order valence-electron chi connectivity index (χ3n) is 10.1. The Morgan fingerprint density at radius 2 is 1.43 bits per heavy atom. The Balaban J connectivity index is 1.17.